The number of methoxy groups -OCH3 is 2. The maximum Gasteiger partial charge on any atom is 0.339 e. The Kier molecular flexibility index (Phi) is 7.31. The number of benzene rings is 2. The molecule has 0 spiro atoms. The van der Waals surface area contributed by atoms with E-state index in [1.807, 2.05) is 40.3 Å². The van der Waals surface area contributed by atoms with E-state index in [2.05, 4.69) is 38.4 Å². The average molecular weight is 489 g/mol. The van der Waals surface area contributed by atoms with E-state index >= 15 is 0 Å². The molecule has 2 amide bonds. The second-order valence-corrected chi connectivity index (χ2v) is 7.72. The number of thiazole rings is 1. The molecule has 3 rings (SSSR count). The van der Waals surface area contributed by atoms with Crippen molar-refractivity contribution in [1.82, 2.24) is 9.99 Å². The molecule has 30 heavy (non-hydrogen) atoms. The third-order valence-electron chi connectivity index (χ3n) is 4.14. The summed E-state index contributed by atoms with van der Waals surface area (Å²) in [6.07, 6.45) is 1.77. The third-order valence-corrected chi connectivity index (χ3v) is 5.63. The summed E-state index contributed by atoms with van der Waals surface area (Å²) in [6.45, 7) is 4.34. The molecular formula is C21H21BrN4O3S. The lowest BCUT2D eigenvalue weighted by molar-refractivity contribution is 0.252. The van der Waals surface area contributed by atoms with Gasteiger partial charge in [0, 0.05) is 29.2 Å². The number of carbonyl (C=O) groups excluding carboxylic acids is 1. The number of urea groups is 1. The number of amides is 2. The lowest BCUT2D eigenvalue weighted by Crippen LogP contribution is -2.28. The van der Waals surface area contributed by atoms with Crippen molar-refractivity contribution in [1.29, 1.82) is 0 Å². The molecule has 0 aliphatic heterocycles. The molecule has 0 radical (unpaired) electrons. The van der Waals surface area contributed by atoms with Crippen molar-refractivity contribution < 1.29 is 14.3 Å². The monoisotopic (exact) mass is 488 g/mol. The van der Waals surface area contributed by atoms with E-state index in [9.17, 15) is 4.79 Å². The van der Waals surface area contributed by atoms with Crippen LogP contribution >= 0.6 is 27.3 Å². The Bertz CT molecular complexity index is 1110. The van der Waals surface area contributed by atoms with Gasteiger partial charge >= 0.3 is 6.03 Å². The molecule has 0 aliphatic rings. The van der Waals surface area contributed by atoms with Gasteiger partial charge in [0.05, 0.1) is 24.4 Å². The van der Waals surface area contributed by atoms with Gasteiger partial charge in [0.25, 0.3) is 0 Å². The highest BCUT2D eigenvalue weighted by Gasteiger charge is 2.16. The van der Waals surface area contributed by atoms with E-state index in [0.717, 1.165) is 15.7 Å². The number of aromatic nitrogens is 1. The van der Waals surface area contributed by atoms with Crippen molar-refractivity contribution in [3.63, 3.8) is 0 Å². The molecule has 1 aromatic heterocycles. The van der Waals surface area contributed by atoms with Crippen LogP contribution in [0, 0.1) is 0 Å². The Balaban J connectivity index is 1.94. The summed E-state index contributed by atoms with van der Waals surface area (Å²) in [4.78, 5) is 12.8. The number of hydrogen-bond acceptors (Lipinski definition) is 5. The van der Waals surface area contributed by atoms with Gasteiger partial charge in [-0.25, -0.2) is 10.2 Å². The van der Waals surface area contributed by atoms with Crippen molar-refractivity contribution in [3.05, 3.63) is 69.8 Å². The number of allylic oxidation sites excluding steroid dienone is 1. The molecule has 9 heteroatoms. The number of ether oxygens (including phenoxy) is 2. The van der Waals surface area contributed by atoms with Crippen LogP contribution in [0.1, 0.15) is 0 Å². The molecule has 7 nitrogen and oxygen atoms in total. The zero-order chi connectivity index (χ0) is 21.5. The number of carbonyl (C=O) groups is 1. The maximum atomic E-state index is 12.2. The van der Waals surface area contributed by atoms with Crippen LogP contribution in [0.3, 0.4) is 0 Å². The lowest BCUT2D eigenvalue weighted by atomic mass is 10.1. The third kappa shape index (κ3) is 4.92. The molecule has 0 saturated carbocycles. The van der Waals surface area contributed by atoms with Crippen molar-refractivity contribution in [2.24, 2.45) is 5.10 Å². The number of hydrogen-bond donors (Lipinski definition) is 2. The van der Waals surface area contributed by atoms with Gasteiger partial charge < -0.3 is 19.4 Å². The van der Waals surface area contributed by atoms with Gasteiger partial charge in [-0.05, 0) is 34.1 Å². The number of rotatable bonds is 7. The van der Waals surface area contributed by atoms with Gasteiger partial charge in [0.1, 0.15) is 11.5 Å². The largest absolute Gasteiger partial charge is 0.496 e. The second kappa shape index (κ2) is 10.1. The van der Waals surface area contributed by atoms with E-state index in [0.29, 0.717) is 28.5 Å². The Morgan fingerprint density at radius 1 is 1.23 bits per heavy atom. The van der Waals surface area contributed by atoms with E-state index in [4.69, 9.17) is 9.47 Å². The van der Waals surface area contributed by atoms with Gasteiger partial charge in [0.2, 0.25) is 4.80 Å². The first kappa shape index (κ1) is 21.7. The number of nitrogens with one attached hydrogen (secondary N) is 2. The summed E-state index contributed by atoms with van der Waals surface area (Å²) in [6, 6.07) is 12.5. The highest BCUT2D eigenvalue weighted by Crippen LogP contribution is 2.38. The molecule has 156 valence electrons. The van der Waals surface area contributed by atoms with Crippen LogP contribution in [-0.2, 0) is 6.54 Å². The molecule has 3 aromatic rings. The smallest absolute Gasteiger partial charge is 0.339 e. The molecule has 0 fully saturated rings. The summed E-state index contributed by atoms with van der Waals surface area (Å²) >= 11 is 4.92. The molecule has 0 unspecified atom stereocenters. The topological polar surface area (TPSA) is 76.9 Å². The zero-order valence-corrected chi connectivity index (χ0v) is 18.9. The molecule has 0 atom stereocenters. The fourth-order valence-electron chi connectivity index (χ4n) is 2.78. The fourth-order valence-corrected chi connectivity index (χ4v) is 4.15. The van der Waals surface area contributed by atoms with Crippen molar-refractivity contribution >= 4 is 39.0 Å². The van der Waals surface area contributed by atoms with Crippen LogP contribution in [0.15, 0.2) is 70.1 Å². The Labute approximate surface area is 186 Å². The Morgan fingerprint density at radius 2 is 1.97 bits per heavy atom. The van der Waals surface area contributed by atoms with Gasteiger partial charge in [0.15, 0.2) is 0 Å². The lowest BCUT2D eigenvalue weighted by Gasteiger charge is -2.14. The Morgan fingerprint density at radius 3 is 2.63 bits per heavy atom. The van der Waals surface area contributed by atoms with Gasteiger partial charge in [-0.1, -0.05) is 24.3 Å². The minimum absolute atomic E-state index is 0.425. The number of para-hydroxylation sites is 1. The van der Waals surface area contributed by atoms with Crippen molar-refractivity contribution in [2.45, 2.75) is 6.54 Å². The molecule has 0 bridgehead atoms. The Hall–Kier alpha value is -3.04. The van der Waals surface area contributed by atoms with Crippen molar-refractivity contribution in [3.8, 4) is 22.8 Å². The SMILES string of the molecule is C=CCn1c(-c2cc(Br)c(OC)cc2OC)csc1=NNC(=O)Nc1ccccc1. The first-order valence-corrected chi connectivity index (χ1v) is 10.6. The number of halogens is 1. The van der Waals surface area contributed by atoms with Gasteiger partial charge in [-0.3, -0.25) is 0 Å². The van der Waals surface area contributed by atoms with Crippen LogP contribution in [0.25, 0.3) is 11.3 Å². The maximum absolute atomic E-state index is 12.2. The van der Waals surface area contributed by atoms with Crippen LogP contribution < -0.4 is 25.0 Å². The van der Waals surface area contributed by atoms with E-state index < -0.39 is 6.03 Å². The van der Waals surface area contributed by atoms with Gasteiger partial charge in [-0.2, -0.15) is 0 Å². The summed E-state index contributed by atoms with van der Waals surface area (Å²) in [7, 11) is 3.21. The van der Waals surface area contributed by atoms with Crippen LogP contribution in [0.4, 0.5) is 10.5 Å². The molecule has 0 aliphatic carbocycles. The highest BCUT2D eigenvalue weighted by atomic mass is 79.9. The molecular weight excluding hydrogens is 468 g/mol. The molecule has 2 N–H and O–H groups in total. The zero-order valence-electron chi connectivity index (χ0n) is 16.5. The predicted octanol–water partition coefficient (Wildman–Crippen LogP) is 4.82. The molecule has 0 saturated heterocycles. The van der Waals surface area contributed by atoms with Crippen LogP contribution in [0.5, 0.6) is 11.5 Å². The van der Waals surface area contributed by atoms with Crippen LogP contribution in [-0.4, -0.2) is 24.8 Å². The minimum atomic E-state index is -0.425. The van der Waals surface area contributed by atoms with Crippen LogP contribution in [0.2, 0.25) is 0 Å². The first-order valence-electron chi connectivity index (χ1n) is 8.94. The van der Waals surface area contributed by atoms with Crippen molar-refractivity contribution in [2.75, 3.05) is 19.5 Å². The summed E-state index contributed by atoms with van der Waals surface area (Å²) in [5.41, 5.74) is 4.96. The second-order valence-electron chi connectivity index (χ2n) is 6.03. The molecule has 2 aromatic carbocycles. The number of anilines is 1. The predicted molar refractivity (Wildman–Crippen MR) is 123 cm³/mol. The van der Waals surface area contributed by atoms with E-state index in [1.54, 1.807) is 32.4 Å². The summed E-state index contributed by atoms with van der Waals surface area (Å²) in [5.74, 6) is 1.33. The highest BCUT2D eigenvalue weighted by molar-refractivity contribution is 9.10. The quantitative estimate of drug-likeness (QED) is 0.369. The fraction of sp³-hybridized carbons (Fsp3) is 0.143. The summed E-state index contributed by atoms with van der Waals surface area (Å²) in [5, 5.41) is 8.96. The first-order chi connectivity index (χ1) is 14.6. The average Bonchev–Trinajstić information content (AvgIpc) is 3.15. The normalized spacial score (nSPS) is 11.1. The number of nitrogens with zero attached hydrogens (tertiary/aromatic N) is 2. The van der Waals surface area contributed by atoms with E-state index in [1.165, 1.54) is 11.3 Å². The standard InChI is InChI=1S/C21H21BrN4O3S/c1-4-10-26-17(15-11-16(22)19(29-3)12-18(15)28-2)13-30-21(26)25-24-20(27)23-14-8-6-5-7-9-14/h4-9,11-13H,1,10H2,2-3H3,(H2,23,24,27). The van der Waals surface area contributed by atoms with E-state index in [-0.39, 0.29) is 0 Å². The van der Waals surface area contributed by atoms with Gasteiger partial charge in [-0.15, -0.1) is 23.0 Å². The molecule has 1 heterocycles. The summed E-state index contributed by atoms with van der Waals surface area (Å²) < 4.78 is 13.7. The minimum Gasteiger partial charge on any atom is -0.496 e.